The molecule has 3 aromatic rings. The van der Waals surface area contributed by atoms with Crippen molar-refractivity contribution >= 4 is 5.91 Å². The molecular weight excluding hydrogens is 334 g/mol. The van der Waals surface area contributed by atoms with Gasteiger partial charge in [-0.1, -0.05) is 11.2 Å². The number of nitrogens with one attached hydrogen (secondary N) is 1. The highest BCUT2D eigenvalue weighted by Gasteiger charge is 2.15. The third-order valence-corrected chi connectivity index (χ3v) is 3.94. The molecule has 7 nitrogen and oxygen atoms in total. The molecular formula is C19H17N3O4. The molecule has 26 heavy (non-hydrogen) atoms. The third-order valence-electron chi connectivity index (χ3n) is 3.94. The van der Waals surface area contributed by atoms with Gasteiger partial charge in [-0.2, -0.15) is 0 Å². The second-order valence-corrected chi connectivity index (χ2v) is 5.86. The monoisotopic (exact) mass is 351 g/mol. The number of hydrogen-bond acceptors (Lipinski definition) is 6. The van der Waals surface area contributed by atoms with Crippen molar-refractivity contribution in [1.82, 2.24) is 15.5 Å². The van der Waals surface area contributed by atoms with Crippen LogP contribution in [0.5, 0.6) is 11.5 Å². The van der Waals surface area contributed by atoms with Gasteiger partial charge in [0.15, 0.2) is 17.3 Å². The lowest BCUT2D eigenvalue weighted by molar-refractivity contribution is -0.120. The molecule has 0 saturated heterocycles. The molecule has 0 saturated carbocycles. The fraction of sp³-hybridized carbons (Fsp3) is 0.211. The van der Waals surface area contributed by atoms with Gasteiger partial charge < -0.3 is 19.3 Å². The van der Waals surface area contributed by atoms with Gasteiger partial charge in [0.1, 0.15) is 13.2 Å². The Hall–Kier alpha value is -3.35. The van der Waals surface area contributed by atoms with Gasteiger partial charge in [-0.3, -0.25) is 9.78 Å². The minimum absolute atomic E-state index is 0.129. The van der Waals surface area contributed by atoms with Crippen LogP contribution in [-0.2, 0) is 17.8 Å². The number of rotatable bonds is 5. The minimum atomic E-state index is -0.129. The summed E-state index contributed by atoms with van der Waals surface area (Å²) in [5, 5.41) is 6.82. The average molecular weight is 351 g/mol. The van der Waals surface area contributed by atoms with E-state index in [-0.39, 0.29) is 12.3 Å². The molecule has 132 valence electrons. The van der Waals surface area contributed by atoms with Crippen molar-refractivity contribution in [3.05, 3.63) is 60.0 Å². The number of pyridine rings is 1. The number of amides is 1. The number of carbonyl (C=O) groups excluding carboxylic acids is 1. The quantitative estimate of drug-likeness (QED) is 0.759. The van der Waals surface area contributed by atoms with Crippen molar-refractivity contribution in [2.45, 2.75) is 13.0 Å². The molecule has 0 aliphatic carbocycles. The predicted molar refractivity (Wildman–Crippen MR) is 92.7 cm³/mol. The summed E-state index contributed by atoms with van der Waals surface area (Å²) in [4.78, 5) is 16.1. The van der Waals surface area contributed by atoms with Crippen molar-refractivity contribution in [2.75, 3.05) is 13.2 Å². The maximum absolute atomic E-state index is 12.1. The van der Waals surface area contributed by atoms with Crippen LogP contribution in [-0.4, -0.2) is 29.3 Å². The predicted octanol–water partition coefficient (Wildman–Crippen LogP) is 2.37. The summed E-state index contributed by atoms with van der Waals surface area (Å²) in [6, 6.07) is 11.1. The van der Waals surface area contributed by atoms with E-state index in [2.05, 4.69) is 15.5 Å². The number of aromatic nitrogens is 2. The molecule has 0 spiro atoms. The van der Waals surface area contributed by atoms with Crippen LogP contribution < -0.4 is 14.8 Å². The largest absolute Gasteiger partial charge is 0.486 e. The maximum atomic E-state index is 12.1. The first-order valence-corrected chi connectivity index (χ1v) is 8.29. The first kappa shape index (κ1) is 16.1. The van der Waals surface area contributed by atoms with Crippen molar-refractivity contribution in [3.8, 4) is 22.8 Å². The average Bonchev–Trinajstić information content (AvgIpc) is 3.15. The maximum Gasteiger partial charge on any atom is 0.226 e. The molecule has 7 heteroatoms. The van der Waals surface area contributed by atoms with E-state index in [9.17, 15) is 4.79 Å². The van der Waals surface area contributed by atoms with Gasteiger partial charge in [0.05, 0.1) is 12.1 Å². The van der Waals surface area contributed by atoms with E-state index >= 15 is 0 Å². The molecule has 2 aromatic heterocycles. The van der Waals surface area contributed by atoms with Crippen LogP contribution in [0.25, 0.3) is 11.3 Å². The van der Waals surface area contributed by atoms with Gasteiger partial charge in [-0.25, -0.2) is 0 Å². The van der Waals surface area contributed by atoms with Gasteiger partial charge in [-0.05, 0) is 29.8 Å². The lowest BCUT2D eigenvalue weighted by Crippen LogP contribution is -2.24. The molecule has 3 heterocycles. The van der Waals surface area contributed by atoms with E-state index < -0.39 is 0 Å². The number of ether oxygens (including phenoxy) is 2. The first-order chi connectivity index (χ1) is 12.8. The fourth-order valence-electron chi connectivity index (χ4n) is 2.66. The van der Waals surface area contributed by atoms with Crippen molar-refractivity contribution in [1.29, 1.82) is 0 Å². The van der Waals surface area contributed by atoms with Gasteiger partial charge in [0.2, 0.25) is 5.91 Å². The van der Waals surface area contributed by atoms with Crippen LogP contribution in [0.3, 0.4) is 0 Å². The molecule has 1 aliphatic heterocycles. The van der Waals surface area contributed by atoms with Gasteiger partial charge in [0.25, 0.3) is 0 Å². The zero-order valence-electron chi connectivity index (χ0n) is 14.0. The van der Waals surface area contributed by atoms with Crippen LogP contribution in [0, 0.1) is 0 Å². The molecule has 0 unspecified atom stereocenters. The van der Waals surface area contributed by atoms with E-state index in [0.717, 1.165) is 16.9 Å². The van der Waals surface area contributed by atoms with Crippen LogP contribution in [0.1, 0.15) is 11.3 Å². The van der Waals surface area contributed by atoms with Gasteiger partial charge in [-0.15, -0.1) is 0 Å². The molecule has 0 fully saturated rings. The van der Waals surface area contributed by atoms with Gasteiger partial charge >= 0.3 is 0 Å². The Balaban J connectivity index is 1.39. The van der Waals surface area contributed by atoms with E-state index in [1.54, 1.807) is 18.5 Å². The smallest absolute Gasteiger partial charge is 0.226 e. The molecule has 1 amide bonds. The van der Waals surface area contributed by atoms with E-state index in [1.165, 1.54) is 0 Å². The van der Waals surface area contributed by atoms with Crippen LogP contribution in [0.15, 0.2) is 53.3 Å². The highest BCUT2D eigenvalue weighted by atomic mass is 16.6. The summed E-state index contributed by atoms with van der Waals surface area (Å²) in [7, 11) is 0. The lowest BCUT2D eigenvalue weighted by Gasteiger charge is -2.18. The Labute approximate surface area is 149 Å². The summed E-state index contributed by atoms with van der Waals surface area (Å²) in [6.45, 7) is 1.50. The zero-order valence-corrected chi connectivity index (χ0v) is 14.0. The Kier molecular flexibility index (Phi) is 4.51. The SMILES string of the molecule is O=C(Cc1cc(-c2ccc3c(c2)OCCO3)on1)NCc1cccnc1. The summed E-state index contributed by atoms with van der Waals surface area (Å²) in [5.41, 5.74) is 2.33. The van der Waals surface area contributed by atoms with E-state index in [4.69, 9.17) is 14.0 Å². The summed E-state index contributed by atoms with van der Waals surface area (Å²) in [6.07, 6.45) is 3.56. The zero-order chi connectivity index (χ0) is 17.8. The second kappa shape index (κ2) is 7.26. The van der Waals surface area contributed by atoms with Gasteiger partial charge in [0, 0.05) is 30.6 Å². The standard InChI is InChI=1S/C19H17N3O4/c23-19(21-12-13-2-1-5-20-11-13)10-15-9-17(26-22-15)14-3-4-16-18(8-14)25-7-6-24-16/h1-5,8-9,11H,6-7,10,12H2,(H,21,23). The highest BCUT2D eigenvalue weighted by molar-refractivity contribution is 5.78. The second-order valence-electron chi connectivity index (χ2n) is 5.86. The number of hydrogen-bond donors (Lipinski definition) is 1. The molecule has 0 bridgehead atoms. The Bertz CT molecular complexity index is 908. The first-order valence-electron chi connectivity index (χ1n) is 8.29. The lowest BCUT2D eigenvalue weighted by atomic mass is 10.1. The summed E-state index contributed by atoms with van der Waals surface area (Å²) >= 11 is 0. The van der Waals surface area contributed by atoms with Crippen LogP contribution >= 0.6 is 0 Å². The number of nitrogens with zero attached hydrogens (tertiary/aromatic N) is 2. The number of benzene rings is 1. The summed E-state index contributed by atoms with van der Waals surface area (Å²) in [5.74, 6) is 1.85. The Morgan fingerprint density at radius 1 is 1.12 bits per heavy atom. The van der Waals surface area contributed by atoms with E-state index in [1.807, 2.05) is 30.3 Å². The normalized spacial score (nSPS) is 12.6. The molecule has 1 aliphatic rings. The number of fused-ring (bicyclic) bond motifs is 1. The van der Waals surface area contributed by atoms with Crippen molar-refractivity contribution in [2.24, 2.45) is 0 Å². The Morgan fingerprint density at radius 3 is 2.85 bits per heavy atom. The fourth-order valence-corrected chi connectivity index (χ4v) is 2.66. The van der Waals surface area contributed by atoms with E-state index in [0.29, 0.717) is 37.0 Å². The van der Waals surface area contributed by atoms with Crippen molar-refractivity contribution in [3.63, 3.8) is 0 Å². The third kappa shape index (κ3) is 3.66. The highest BCUT2D eigenvalue weighted by Crippen LogP contribution is 2.34. The Morgan fingerprint density at radius 2 is 2.00 bits per heavy atom. The molecule has 0 atom stereocenters. The molecule has 1 N–H and O–H groups in total. The topological polar surface area (TPSA) is 86.5 Å². The van der Waals surface area contributed by atoms with Crippen molar-refractivity contribution < 1.29 is 18.8 Å². The molecule has 1 aromatic carbocycles. The summed E-state index contributed by atoms with van der Waals surface area (Å²) < 4.78 is 16.5. The minimum Gasteiger partial charge on any atom is -0.486 e. The van der Waals surface area contributed by atoms with Crippen LogP contribution in [0.4, 0.5) is 0 Å². The number of carbonyl (C=O) groups is 1. The van der Waals surface area contributed by atoms with Crippen LogP contribution in [0.2, 0.25) is 0 Å². The molecule has 0 radical (unpaired) electrons. The molecule has 4 rings (SSSR count).